The molecule has 0 saturated heterocycles. The highest BCUT2D eigenvalue weighted by molar-refractivity contribution is 5.79. The van der Waals surface area contributed by atoms with Gasteiger partial charge in [-0.3, -0.25) is 9.59 Å². The highest BCUT2D eigenvalue weighted by Gasteiger charge is 2.27. The van der Waals surface area contributed by atoms with Crippen molar-refractivity contribution in [1.29, 1.82) is 0 Å². The number of amides is 1. The van der Waals surface area contributed by atoms with Gasteiger partial charge in [0.25, 0.3) is 0 Å². The number of hydrogen-bond donors (Lipinski definition) is 2. The predicted molar refractivity (Wildman–Crippen MR) is 88.5 cm³/mol. The third-order valence-corrected chi connectivity index (χ3v) is 5.70. The van der Waals surface area contributed by atoms with Gasteiger partial charge in [0.1, 0.15) is 5.78 Å². The monoisotopic (exact) mass is 308 g/mol. The molecule has 0 aliphatic heterocycles. The molecule has 0 spiro atoms. The summed E-state index contributed by atoms with van der Waals surface area (Å²) in [5.74, 6) is 2.41. The number of Topliss-reactive ketones (excluding diaryl/α,β-unsaturated/α-hetero) is 1. The Morgan fingerprint density at radius 2 is 1.32 bits per heavy atom. The zero-order chi connectivity index (χ0) is 15.9. The Morgan fingerprint density at radius 1 is 0.818 bits per heavy atom. The van der Waals surface area contributed by atoms with Gasteiger partial charge in [0.05, 0.1) is 0 Å². The Balaban J connectivity index is 1.63. The highest BCUT2D eigenvalue weighted by Crippen LogP contribution is 2.30. The molecule has 4 nitrogen and oxygen atoms in total. The largest absolute Gasteiger partial charge is 0.356 e. The highest BCUT2D eigenvalue weighted by atomic mass is 16.1. The molecule has 2 aliphatic rings. The number of hydrogen-bond acceptors (Lipinski definition) is 3. The van der Waals surface area contributed by atoms with Crippen molar-refractivity contribution < 1.29 is 9.59 Å². The summed E-state index contributed by atoms with van der Waals surface area (Å²) >= 11 is 0. The molecule has 1 amide bonds. The molecule has 2 saturated carbocycles. The fraction of sp³-hybridized carbons (Fsp3) is 0.889. The molecule has 0 aromatic heterocycles. The maximum Gasteiger partial charge on any atom is 0.223 e. The molecule has 22 heavy (non-hydrogen) atoms. The van der Waals surface area contributed by atoms with Gasteiger partial charge in [0.2, 0.25) is 5.91 Å². The third-order valence-electron chi connectivity index (χ3n) is 5.70. The lowest BCUT2D eigenvalue weighted by molar-refractivity contribution is -0.127. The van der Waals surface area contributed by atoms with E-state index in [1.54, 1.807) is 6.92 Å². The molecule has 126 valence electrons. The second-order valence-electron chi connectivity index (χ2n) is 7.35. The van der Waals surface area contributed by atoms with Crippen molar-refractivity contribution in [3.63, 3.8) is 0 Å². The summed E-state index contributed by atoms with van der Waals surface area (Å²) in [6.07, 6.45) is 8.59. The molecular weight excluding hydrogens is 276 g/mol. The van der Waals surface area contributed by atoms with Gasteiger partial charge >= 0.3 is 0 Å². The molecule has 0 unspecified atom stereocenters. The van der Waals surface area contributed by atoms with E-state index in [0.29, 0.717) is 11.7 Å². The molecule has 0 heterocycles. The summed E-state index contributed by atoms with van der Waals surface area (Å²) in [5.41, 5.74) is 0. The number of nitrogens with one attached hydrogen (secondary N) is 2. The Bertz CT molecular complexity index is 367. The summed E-state index contributed by atoms with van der Waals surface area (Å²) in [6, 6.07) is 0. The van der Waals surface area contributed by atoms with Crippen molar-refractivity contribution in [1.82, 2.24) is 10.6 Å². The number of carbonyl (C=O) groups excluding carboxylic acids is 2. The molecule has 0 atom stereocenters. The SMILES string of the molecule is CNCC1CCC(C(=O)NCC2CCC(C(C)=O)CC2)CC1. The third kappa shape index (κ3) is 5.08. The summed E-state index contributed by atoms with van der Waals surface area (Å²) in [5, 5.41) is 6.41. The molecule has 0 radical (unpaired) electrons. The van der Waals surface area contributed by atoms with E-state index in [9.17, 15) is 9.59 Å². The molecule has 0 aromatic rings. The van der Waals surface area contributed by atoms with Gasteiger partial charge < -0.3 is 10.6 Å². The first kappa shape index (κ1) is 17.5. The molecule has 2 rings (SSSR count). The van der Waals surface area contributed by atoms with Crippen molar-refractivity contribution in [3.05, 3.63) is 0 Å². The zero-order valence-corrected chi connectivity index (χ0v) is 14.2. The van der Waals surface area contributed by atoms with Gasteiger partial charge in [-0.2, -0.15) is 0 Å². The van der Waals surface area contributed by atoms with E-state index >= 15 is 0 Å². The standard InChI is InChI=1S/C18H32N2O2/c1-13(21)16-7-3-15(4-8-16)12-20-18(22)17-9-5-14(6-10-17)11-19-2/h14-17,19H,3-12H2,1-2H3,(H,20,22). The molecule has 0 bridgehead atoms. The van der Waals surface area contributed by atoms with Crippen LogP contribution in [0, 0.1) is 23.7 Å². The van der Waals surface area contributed by atoms with Crippen LogP contribution in [0.15, 0.2) is 0 Å². The lowest BCUT2D eigenvalue weighted by Crippen LogP contribution is -2.38. The molecule has 2 aliphatic carbocycles. The summed E-state index contributed by atoms with van der Waals surface area (Å²) in [4.78, 5) is 23.7. The van der Waals surface area contributed by atoms with Crippen LogP contribution in [0.4, 0.5) is 0 Å². The van der Waals surface area contributed by atoms with Crippen molar-refractivity contribution in [2.75, 3.05) is 20.1 Å². The quantitative estimate of drug-likeness (QED) is 0.793. The van der Waals surface area contributed by atoms with Crippen molar-refractivity contribution in [3.8, 4) is 0 Å². The van der Waals surface area contributed by atoms with E-state index in [2.05, 4.69) is 10.6 Å². The van der Waals surface area contributed by atoms with Crippen LogP contribution in [-0.4, -0.2) is 31.8 Å². The number of rotatable bonds is 6. The van der Waals surface area contributed by atoms with Gasteiger partial charge in [-0.25, -0.2) is 0 Å². The van der Waals surface area contributed by atoms with Crippen LogP contribution in [0.2, 0.25) is 0 Å². The minimum atomic E-state index is 0.224. The average Bonchev–Trinajstić information content (AvgIpc) is 2.54. The Morgan fingerprint density at radius 3 is 1.82 bits per heavy atom. The van der Waals surface area contributed by atoms with E-state index in [0.717, 1.165) is 57.5 Å². The second kappa shape index (κ2) is 8.66. The zero-order valence-electron chi connectivity index (χ0n) is 14.2. The fourth-order valence-electron chi connectivity index (χ4n) is 4.08. The van der Waals surface area contributed by atoms with Crippen LogP contribution in [0.5, 0.6) is 0 Å². The molecule has 2 fully saturated rings. The van der Waals surface area contributed by atoms with Crippen molar-refractivity contribution in [2.45, 2.75) is 58.3 Å². The smallest absolute Gasteiger partial charge is 0.223 e. The predicted octanol–water partition coefficient (Wildman–Crippen LogP) is 2.52. The lowest BCUT2D eigenvalue weighted by Gasteiger charge is -2.30. The second-order valence-corrected chi connectivity index (χ2v) is 7.35. The van der Waals surface area contributed by atoms with E-state index < -0.39 is 0 Å². The average molecular weight is 308 g/mol. The minimum Gasteiger partial charge on any atom is -0.356 e. The maximum absolute atomic E-state index is 12.3. The van der Waals surface area contributed by atoms with Crippen molar-refractivity contribution in [2.24, 2.45) is 23.7 Å². The molecule has 0 aromatic carbocycles. The first-order valence-electron chi connectivity index (χ1n) is 9.03. The van der Waals surface area contributed by atoms with Crippen LogP contribution in [-0.2, 0) is 9.59 Å². The summed E-state index contributed by atoms with van der Waals surface area (Å²) < 4.78 is 0. The van der Waals surface area contributed by atoms with Crippen LogP contribution >= 0.6 is 0 Å². The van der Waals surface area contributed by atoms with Crippen LogP contribution in [0.25, 0.3) is 0 Å². The Labute approximate surface area is 134 Å². The minimum absolute atomic E-state index is 0.224. The lowest BCUT2D eigenvalue weighted by atomic mass is 9.79. The number of ketones is 1. The first-order valence-corrected chi connectivity index (χ1v) is 9.03. The molecule has 4 heteroatoms. The maximum atomic E-state index is 12.3. The molecular formula is C18H32N2O2. The van der Waals surface area contributed by atoms with Crippen LogP contribution < -0.4 is 10.6 Å². The Kier molecular flexibility index (Phi) is 6.87. The summed E-state index contributed by atoms with van der Waals surface area (Å²) in [7, 11) is 2.00. The first-order chi connectivity index (χ1) is 10.6. The van der Waals surface area contributed by atoms with E-state index in [1.807, 2.05) is 7.05 Å². The number of carbonyl (C=O) groups is 2. The van der Waals surface area contributed by atoms with Gasteiger partial charge in [0, 0.05) is 18.4 Å². The van der Waals surface area contributed by atoms with Gasteiger partial charge in [0.15, 0.2) is 0 Å². The topological polar surface area (TPSA) is 58.2 Å². The van der Waals surface area contributed by atoms with Gasteiger partial charge in [-0.1, -0.05) is 0 Å². The summed E-state index contributed by atoms with van der Waals surface area (Å²) in [6.45, 7) is 3.59. The van der Waals surface area contributed by atoms with Gasteiger partial charge in [-0.15, -0.1) is 0 Å². The fourth-order valence-corrected chi connectivity index (χ4v) is 4.08. The van der Waals surface area contributed by atoms with Gasteiger partial charge in [-0.05, 0) is 83.7 Å². The van der Waals surface area contributed by atoms with E-state index in [1.165, 1.54) is 12.8 Å². The molecule has 2 N–H and O–H groups in total. The Hall–Kier alpha value is -0.900. The van der Waals surface area contributed by atoms with Crippen LogP contribution in [0.3, 0.4) is 0 Å². The van der Waals surface area contributed by atoms with E-state index in [-0.39, 0.29) is 17.7 Å². The normalized spacial score (nSPS) is 32.5. The van der Waals surface area contributed by atoms with Crippen molar-refractivity contribution >= 4 is 11.7 Å². The van der Waals surface area contributed by atoms with Crippen LogP contribution in [0.1, 0.15) is 58.3 Å². The van der Waals surface area contributed by atoms with E-state index in [4.69, 9.17) is 0 Å².